The number of hydrogen-bond donors (Lipinski definition) is 2. The van der Waals surface area contributed by atoms with Crippen molar-refractivity contribution < 1.29 is 4.79 Å². The number of amides is 1. The molecule has 5 heterocycles. The molecular weight excluding hydrogens is 482 g/mol. The summed E-state index contributed by atoms with van der Waals surface area (Å²) in [5, 5.41) is 23.6. The van der Waals surface area contributed by atoms with Gasteiger partial charge in [0.05, 0.1) is 17.1 Å². The molecule has 6 rings (SSSR count). The third-order valence-electron chi connectivity index (χ3n) is 7.82. The molecule has 12 heteroatoms. The highest BCUT2D eigenvalue weighted by atomic mass is 16.1. The largest absolute Gasteiger partial charge is 0.354 e. The van der Waals surface area contributed by atoms with Gasteiger partial charge in [0.15, 0.2) is 0 Å². The van der Waals surface area contributed by atoms with Crippen molar-refractivity contribution in [2.24, 2.45) is 0 Å². The van der Waals surface area contributed by atoms with Crippen LogP contribution < -0.4 is 15.1 Å². The normalized spacial score (nSPS) is 20.2. The van der Waals surface area contributed by atoms with E-state index >= 15 is 0 Å². The number of nitrogens with one attached hydrogen (secondary N) is 2. The Labute approximate surface area is 220 Å². The summed E-state index contributed by atoms with van der Waals surface area (Å²) in [4.78, 5) is 24.6. The second-order valence-corrected chi connectivity index (χ2v) is 10.1. The minimum absolute atomic E-state index is 0.192. The number of likely N-dealkylation sites (N-methyl/N-ethyl adjacent to an activating group) is 1. The lowest BCUT2D eigenvalue weighted by Crippen LogP contribution is -2.50. The summed E-state index contributed by atoms with van der Waals surface area (Å²) in [6.07, 6.45) is 1.84. The Bertz CT molecular complexity index is 1550. The number of aromatic nitrogens is 7. The molecule has 2 aliphatic heterocycles. The van der Waals surface area contributed by atoms with Crippen molar-refractivity contribution in [1.29, 1.82) is 0 Å². The van der Waals surface area contributed by atoms with E-state index in [0.29, 0.717) is 23.3 Å². The first-order valence-corrected chi connectivity index (χ1v) is 12.7. The molecule has 2 atom stereocenters. The van der Waals surface area contributed by atoms with Crippen molar-refractivity contribution in [3.05, 3.63) is 47.8 Å². The van der Waals surface area contributed by atoms with Crippen LogP contribution in [0.5, 0.6) is 0 Å². The molecule has 0 spiro atoms. The molecule has 0 saturated carbocycles. The molecule has 0 aliphatic carbocycles. The van der Waals surface area contributed by atoms with E-state index in [4.69, 9.17) is 0 Å². The molecule has 38 heavy (non-hydrogen) atoms. The highest BCUT2D eigenvalue weighted by molar-refractivity contribution is 6.07. The van der Waals surface area contributed by atoms with Crippen LogP contribution in [0.15, 0.2) is 47.8 Å². The number of tetrazole rings is 1. The maximum absolute atomic E-state index is 13.4. The van der Waals surface area contributed by atoms with Gasteiger partial charge in [-0.1, -0.05) is 5.10 Å². The first kappa shape index (κ1) is 24.0. The number of rotatable bonds is 4. The molecule has 0 bridgehead atoms. The van der Waals surface area contributed by atoms with Gasteiger partial charge in [-0.2, -0.15) is 5.10 Å². The predicted octanol–water partition coefficient (Wildman–Crippen LogP) is 2.68. The van der Waals surface area contributed by atoms with Crippen molar-refractivity contribution in [3.63, 3.8) is 0 Å². The number of allylic oxidation sites excluding steroid dienone is 1. The van der Waals surface area contributed by atoms with Gasteiger partial charge in [-0.25, -0.2) is 9.67 Å². The molecule has 196 valence electrons. The number of aromatic amines is 1. The van der Waals surface area contributed by atoms with Gasteiger partial charge in [-0.3, -0.25) is 9.89 Å². The summed E-state index contributed by atoms with van der Waals surface area (Å²) in [5.41, 5.74) is 4.80. The number of fused-ring (bicyclic) bond motifs is 2. The van der Waals surface area contributed by atoms with Gasteiger partial charge < -0.3 is 20.0 Å². The second-order valence-electron chi connectivity index (χ2n) is 10.1. The van der Waals surface area contributed by atoms with E-state index in [1.165, 1.54) is 0 Å². The molecule has 4 aromatic rings. The molecule has 2 N–H and O–H groups in total. The topological polar surface area (TPSA) is 124 Å². The van der Waals surface area contributed by atoms with E-state index in [2.05, 4.69) is 65.9 Å². The lowest BCUT2D eigenvalue weighted by atomic mass is 10.0. The number of carbonyl (C=O) groups is 1. The summed E-state index contributed by atoms with van der Waals surface area (Å²) < 4.78 is 1.65. The molecule has 1 saturated heterocycles. The highest BCUT2D eigenvalue weighted by Gasteiger charge is 2.32. The highest BCUT2D eigenvalue weighted by Crippen LogP contribution is 2.34. The summed E-state index contributed by atoms with van der Waals surface area (Å²) in [7, 11) is 4.01. The van der Waals surface area contributed by atoms with E-state index in [-0.39, 0.29) is 11.9 Å². The first-order chi connectivity index (χ1) is 18.3. The Hall–Kier alpha value is -4.32. The average molecular weight is 514 g/mol. The van der Waals surface area contributed by atoms with Gasteiger partial charge in [0.1, 0.15) is 11.5 Å². The minimum Gasteiger partial charge on any atom is -0.354 e. The average Bonchev–Trinajstić information content (AvgIpc) is 3.57. The van der Waals surface area contributed by atoms with Crippen LogP contribution in [-0.2, 0) is 4.79 Å². The predicted molar refractivity (Wildman–Crippen MR) is 146 cm³/mol. The summed E-state index contributed by atoms with van der Waals surface area (Å²) in [5.74, 6) is 1.37. The van der Waals surface area contributed by atoms with E-state index in [9.17, 15) is 4.79 Å². The molecule has 1 fully saturated rings. The van der Waals surface area contributed by atoms with Crippen LogP contribution in [0.1, 0.15) is 26.8 Å². The zero-order chi connectivity index (χ0) is 26.6. The molecule has 0 unspecified atom stereocenters. The van der Waals surface area contributed by atoms with Crippen LogP contribution in [0.4, 0.5) is 17.5 Å². The zero-order valence-corrected chi connectivity index (χ0v) is 22.2. The fourth-order valence-corrected chi connectivity index (χ4v) is 5.28. The van der Waals surface area contributed by atoms with Crippen molar-refractivity contribution in [2.45, 2.75) is 32.9 Å². The molecular formula is C26H31N11O. The number of anilines is 3. The maximum Gasteiger partial charge on any atom is 0.255 e. The van der Waals surface area contributed by atoms with E-state index in [1.807, 2.05) is 56.3 Å². The van der Waals surface area contributed by atoms with E-state index in [1.54, 1.807) is 4.68 Å². The quantitative estimate of drug-likeness (QED) is 0.424. The number of nitrogens with zero attached hydrogens (tertiary/aromatic N) is 9. The summed E-state index contributed by atoms with van der Waals surface area (Å²) in [6.45, 7) is 8.93. The van der Waals surface area contributed by atoms with Crippen LogP contribution >= 0.6 is 0 Å². The first-order valence-electron chi connectivity index (χ1n) is 12.7. The monoisotopic (exact) mass is 513 g/mol. The third kappa shape index (κ3) is 3.97. The van der Waals surface area contributed by atoms with Crippen LogP contribution in [0.3, 0.4) is 0 Å². The van der Waals surface area contributed by atoms with Gasteiger partial charge in [-0.05, 0) is 68.6 Å². The fraction of sp³-hybridized carbons (Fsp3) is 0.385. The standard InChI is InChI=1S/C26H31N11O/c1-15-14-36(11-10-34(15)4)22-12-18(8-9-27-22)24-20-13-19(6-7-21(20)29-30-24)28-25(38)23-16(2)35(5)26-31-32-33-37(26)17(23)3/h6-9,12-13,15,17H,10-11,14H2,1-5H3,(H,28,38)(H,29,30)/t15-,17+/m0/s1. The molecule has 3 aromatic heterocycles. The Kier molecular flexibility index (Phi) is 5.83. The maximum atomic E-state index is 13.4. The van der Waals surface area contributed by atoms with Crippen LogP contribution in [0.25, 0.3) is 22.2 Å². The lowest BCUT2D eigenvalue weighted by Gasteiger charge is -2.38. The molecule has 12 nitrogen and oxygen atoms in total. The zero-order valence-electron chi connectivity index (χ0n) is 22.2. The Morgan fingerprint density at radius 2 is 1.97 bits per heavy atom. The van der Waals surface area contributed by atoms with E-state index in [0.717, 1.165) is 53.3 Å². The van der Waals surface area contributed by atoms with Crippen LogP contribution in [0, 0.1) is 0 Å². The smallest absolute Gasteiger partial charge is 0.255 e. The third-order valence-corrected chi connectivity index (χ3v) is 7.82. The number of carbonyl (C=O) groups excluding carboxylic acids is 1. The van der Waals surface area contributed by atoms with Crippen molar-refractivity contribution in [1.82, 2.24) is 40.3 Å². The van der Waals surface area contributed by atoms with Crippen molar-refractivity contribution in [3.8, 4) is 11.3 Å². The van der Waals surface area contributed by atoms with Crippen LogP contribution in [-0.4, -0.2) is 86.0 Å². The van der Waals surface area contributed by atoms with Crippen molar-refractivity contribution in [2.75, 3.05) is 48.8 Å². The number of H-pyrrole nitrogens is 1. The SMILES string of the molecule is CC1=C(C(=O)Nc2ccc3[nH]nc(-c4ccnc(N5CCN(C)[C@@H](C)C5)c4)c3c2)[C@@H](C)n2nnnc2N1C. The minimum atomic E-state index is -0.294. The Morgan fingerprint density at radius 3 is 2.79 bits per heavy atom. The number of hydrogen-bond acceptors (Lipinski definition) is 9. The van der Waals surface area contributed by atoms with Gasteiger partial charge >= 0.3 is 0 Å². The summed E-state index contributed by atoms with van der Waals surface area (Å²) >= 11 is 0. The lowest BCUT2D eigenvalue weighted by molar-refractivity contribution is -0.113. The van der Waals surface area contributed by atoms with Crippen LogP contribution in [0.2, 0.25) is 0 Å². The van der Waals surface area contributed by atoms with Gasteiger partial charge in [0, 0.05) is 61.3 Å². The Balaban J connectivity index is 1.28. The summed E-state index contributed by atoms with van der Waals surface area (Å²) in [6, 6.07) is 10.0. The molecule has 1 amide bonds. The van der Waals surface area contributed by atoms with Gasteiger partial charge in [0.25, 0.3) is 5.91 Å². The number of piperazine rings is 1. The van der Waals surface area contributed by atoms with Crippen molar-refractivity contribution >= 4 is 34.3 Å². The van der Waals surface area contributed by atoms with Gasteiger partial charge in [-0.15, -0.1) is 0 Å². The van der Waals surface area contributed by atoms with Gasteiger partial charge in [0.2, 0.25) is 5.95 Å². The second kappa shape index (κ2) is 9.21. The number of pyridine rings is 1. The molecule has 1 aromatic carbocycles. The Morgan fingerprint density at radius 1 is 1.13 bits per heavy atom. The van der Waals surface area contributed by atoms with E-state index < -0.39 is 0 Å². The fourth-order valence-electron chi connectivity index (χ4n) is 5.28. The number of benzene rings is 1. The molecule has 0 radical (unpaired) electrons. The molecule has 2 aliphatic rings.